The van der Waals surface area contributed by atoms with Crippen LogP contribution in [-0.4, -0.2) is 16.4 Å². The number of hydrogen-bond acceptors (Lipinski definition) is 3. The molecular weight excluding hydrogens is 286 g/mol. The zero-order valence-corrected chi connectivity index (χ0v) is 13.3. The highest BCUT2D eigenvalue weighted by Gasteiger charge is 2.02. The normalized spacial score (nSPS) is 10.7. The lowest BCUT2D eigenvalue weighted by atomic mass is 10.1. The Morgan fingerprint density at radius 2 is 1.87 bits per heavy atom. The van der Waals surface area contributed by atoms with E-state index in [0.29, 0.717) is 6.61 Å². The maximum atomic E-state index is 5.52. The molecule has 0 spiro atoms. The lowest BCUT2D eigenvalue weighted by Crippen LogP contribution is -2.04. The Bertz CT molecular complexity index is 721. The van der Waals surface area contributed by atoms with Crippen LogP contribution in [0.3, 0.4) is 0 Å². The average molecular weight is 307 g/mol. The summed E-state index contributed by atoms with van der Waals surface area (Å²) in [6.07, 6.45) is 3.72. The van der Waals surface area contributed by atoms with E-state index < -0.39 is 0 Å². The van der Waals surface area contributed by atoms with E-state index in [4.69, 9.17) is 4.74 Å². The maximum Gasteiger partial charge on any atom is 0.0736 e. The smallest absolute Gasteiger partial charge is 0.0736 e. The molecule has 118 valence electrons. The van der Waals surface area contributed by atoms with Crippen molar-refractivity contribution in [3.05, 3.63) is 78.1 Å². The van der Waals surface area contributed by atoms with E-state index in [1.165, 1.54) is 11.1 Å². The number of anilines is 1. The summed E-state index contributed by atoms with van der Waals surface area (Å²) in [5.41, 5.74) is 4.60. The molecule has 0 aliphatic heterocycles. The minimum absolute atomic E-state index is 0.637. The number of nitrogens with zero attached hydrogens (tertiary/aromatic N) is 2. The van der Waals surface area contributed by atoms with Gasteiger partial charge >= 0.3 is 0 Å². The van der Waals surface area contributed by atoms with Crippen molar-refractivity contribution in [3.8, 4) is 5.69 Å². The van der Waals surface area contributed by atoms with Gasteiger partial charge in [-0.15, -0.1) is 0 Å². The van der Waals surface area contributed by atoms with E-state index in [1.807, 2.05) is 36.0 Å². The fraction of sp³-hybridized carbons (Fsp3) is 0.211. The fourth-order valence-electron chi connectivity index (χ4n) is 2.42. The predicted octanol–water partition coefficient (Wildman–Crippen LogP) is 4.02. The van der Waals surface area contributed by atoms with Crippen molar-refractivity contribution >= 4 is 5.69 Å². The summed E-state index contributed by atoms with van der Waals surface area (Å²) in [6, 6.07) is 18.6. The lowest BCUT2D eigenvalue weighted by molar-refractivity contribution is 0.134. The van der Waals surface area contributed by atoms with Gasteiger partial charge in [-0.1, -0.05) is 30.3 Å². The van der Waals surface area contributed by atoms with Gasteiger partial charge in [0.15, 0.2) is 0 Å². The highest BCUT2D eigenvalue weighted by atomic mass is 16.5. The summed E-state index contributed by atoms with van der Waals surface area (Å²) in [7, 11) is 0. The van der Waals surface area contributed by atoms with E-state index in [9.17, 15) is 0 Å². The molecule has 0 atom stereocenters. The van der Waals surface area contributed by atoms with Crippen molar-refractivity contribution < 1.29 is 4.74 Å². The summed E-state index contributed by atoms with van der Waals surface area (Å²) in [4.78, 5) is 0. The van der Waals surface area contributed by atoms with Gasteiger partial charge in [0.1, 0.15) is 0 Å². The highest BCUT2D eigenvalue weighted by molar-refractivity contribution is 5.51. The van der Waals surface area contributed by atoms with Crippen LogP contribution in [0.1, 0.15) is 18.1 Å². The van der Waals surface area contributed by atoms with Gasteiger partial charge in [-0.2, -0.15) is 5.10 Å². The Balaban J connectivity index is 1.64. The van der Waals surface area contributed by atoms with Crippen LogP contribution >= 0.6 is 0 Å². The number of nitrogens with one attached hydrogen (secondary N) is 1. The highest BCUT2D eigenvalue weighted by Crippen LogP contribution is 2.17. The summed E-state index contributed by atoms with van der Waals surface area (Å²) < 4.78 is 7.38. The Kier molecular flexibility index (Phi) is 5.06. The van der Waals surface area contributed by atoms with Gasteiger partial charge in [0.25, 0.3) is 0 Å². The van der Waals surface area contributed by atoms with Crippen LogP contribution in [0.4, 0.5) is 5.69 Å². The molecule has 0 aliphatic rings. The van der Waals surface area contributed by atoms with E-state index >= 15 is 0 Å². The van der Waals surface area contributed by atoms with Gasteiger partial charge < -0.3 is 10.1 Å². The molecule has 0 saturated carbocycles. The van der Waals surface area contributed by atoms with Crippen LogP contribution in [0.5, 0.6) is 0 Å². The Hall–Kier alpha value is -2.59. The molecule has 0 radical (unpaired) electrons. The Morgan fingerprint density at radius 1 is 1.04 bits per heavy atom. The summed E-state index contributed by atoms with van der Waals surface area (Å²) in [5.74, 6) is 0. The molecular formula is C19H21N3O. The average Bonchev–Trinajstić information content (AvgIpc) is 3.14. The van der Waals surface area contributed by atoms with Crippen molar-refractivity contribution in [2.45, 2.75) is 20.1 Å². The Labute approximate surface area is 136 Å². The molecule has 1 aromatic heterocycles. The summed E-state index contributed by atoms with van der Waals surface area (Å²) in [5, 5.41) is 7.73. The first kappa shape index (κ1) is 15.3. The molecule has 4 nitrogen and oxygen atoms in total. The van der Waals surface area contributed by atoms with Crippen molar-refractivity contribution in [2.75, 3.05) is 11.9 Å². The summed E-state index contributed by atoms with van der Waals surface area (Å²) >= 11 is 0. The van der Waals surface area contributed by atoms with E-state index in [1.54, 1.807) is 6.20 Å². The standard InChI is InChI=1S/C19H21N3O/c1-2-23-15-17-6-3-4-7-19(17)20-14-16-8-10-18(11-9-16)22-13-5-12-21-22/h3-13,20H,2,14-15H2,1H3. The van der Waals surface area contributed by atoms with E-state index in [2.05, 4.69) is 46.8 Å². The van der Waals surface area contributed by atoms with Crippen LogP contribution in [0.2, 0.25) is 0 Å². The van der Waals surface area contributed by atoms with Crippen molar-refractivity contribution in [2.24, 2.45) is 0 Å². The SMILES string of the molecule is CCOCc1ccccc1NCc1ccc(-n2cccn2)cc1. The fourth-order valence-corrected chi connectivity index (χ4v) is 2.42. The maximum absolute atomic E-state index is 5.52. The minimum atomic E-state index is 0.637. The molecule has 0 saturated heterocycles. The molecule has 0 unspecified atom stereocenters. The second-order valence-electron chi connectivity index (χ2n) is 5.26. The zero-order valence-electron chi connectivity index (χ0n) is 13.3. The first-order valence-electron chi connectivity index (χ1n) is 7.85. The monoisotopic (exact) mass is 307 g/mol. The molecule has 2 aromatic carbocycles. The van der Waals surface area contributed by atoms with Crippen LogP contribution in [0, 0.1) is 0 Å². The second kappa shape index (κ2) is 7.61. The van der Waals surface area contributed by atoms with Crippen LogP contribution in [0.15, 0.2) is 67.0 Å². The second-order valence-corrected chi connectivity index (χ2v) is 5.26. The Morgan fingerprint density at radius 3 is 2.61 bits per heavy atom. The largest absolute Gasteiger partial charge is 0.381 e. The van der Waals surface area contributed by atoms with Crippen LogP contribution in [0.25, 0.3) is 5.69 Å². The number of para-hydroxylation sites is 1. The van der Waals surface area contributed by atoms with Gasteiger partial charge in [-0.05, 0) is 36.8 Å². The molecule has 0 aliphatic carbocycles. The van der Waals surface area contributed by atoms with Crippen molar-refractivity contribution in [3.63, 3.8) is 0 Å². The number of benzene rings is 2. The number of hydrogen-bond donors (Lipinski definition) is 1. The third kappa shape index (κ3) is 3.99. The van der Waals surface area contributed by atoms with Crippen molar-refractivity contribution in [1.29, 1.82) is 0 Å². The van der Waals surface area contributed by atoms with E-state index in [0.717, 1.165) is 24.5 Å². The number of aromatic nitrogens is 2. The molecule has 0 amide bonds. The third-order valence-electron chi connectivity index (χ3n) is 3.67. The van der Waals surface area contributed by atoms with Crippen LogP contribution in [-0.2, 0) is 17.9 Å². The first-order chi connectivity index (χ1) is 11.4. The van der Waals surface area contributed by atoms with Gasteiger partial charge in [0.05, 0.1) is 12.3 Å². The molecule has 1 N–H and O–H groups in total. The van der Waals surface area contributed by atoms with Gasteiger partial charge in [0, 0.05) is 36.8 Å². The molecule has 3 aromatic rings. The molecule has 0 bridgehead atoms. The molecule has 3 rings (SSSR count). The lowest BCUT2D eigenvalue weighted by Gasteiger charge is -2.12. The molecule has 1 heterocycles. The molecule has 23 heavy (non-hydrogen) atoms. The minimum Gasteiger partial charge on any atom is -0.381 e. The first-order valence-corrected chi connectivity index (χ1v) is 7.85. The van der Waals surface area contributed by atoms with Gasteiger partial charge in [-0.3, -0.25) is 0 Å². The summed E-state index contributed by atoms with van der Waals surface area (Å²) in [6.45, 7) is 4.15. The molecule has 4 heteroatoms. The van der Waals surface area contributed by atoms with Crippen molar-refractivity contribution in [1.82, 2.24) is 9.78 Å². The van der Waals surface area contributed by atoms with Gasteiger partial charge in [0.2, 0.25) is 0 Å². The van der Waals surface area contributed by atoms with E-state index in [-0.39, 0.29) is 0 Å². The zero-order chi connectivity index (χ0) is 15.9. The number of ether oxygens (including phenoxy) is 1. The third-order valence-corrected chi connectivity index (χ3v) is 3.67. The van der Waals surface area contributed by atoms with Crippen LogP contribution < -0.4 is 5.32 Å². The topological polar surface area (TPSA) is 39.1 Å². The quantitative estimate of drug-likeness (QED) is 0.716. The predicted molar refractivity (Wildman–Crippen MR) is 92.7 cm³/mol. The van der Waals surface area contributed by atoms with Gasteiger partial charge in [-0.25, -0.2) is 4.68 Å². The molecule has 0 fully saturated rings. The number of rotatable bonds is 7.